The fraction of sp³-hybridized carbons (Fsp3) is 0.636. The number of allylic oxidation sites excluding steroid dienone is 1. The van der Waals surface area contributed by atoms with Crippen LogP contribution in [0, 0.1) is 11.7 Å². The van der Waals surface area contributed by atoms with Gasteiger partial charge in [-0.25, -0.2) is 8.78 Å². The van der Waals surface area contributed by atoms with E-state index in [1.54, 1.807) is 13.0 Å². The monoisotopic (exact) mass is 365 g/mol. The fourth-order valence-electron chi connectivity index (χ4n) is 4.53. The third-order valence-electron chi connectivity index (χ3n) is 5.91. The van der Waals surface area contributed by atoms with Gasteiger partial charge in [-0.2, -0.15) is 0 Å². The molecule has 146 valence electrons. The number of benzene rings is 1. The van der Waals surface area contributed by atoms with Gasteiger partial charge in [-0.05, 0) is 62.3 Å². The van der Waals surface area contributed by atoms with Crippen LogP contribution in [0.25, 0.3) is 0 Å². The molecule has 2 atom stereocenters. The molecule has 0 amide bonds. The molecule has 2 unspecified atom stereocenters. The first-order valence-electron chi connectivity index (χ1n) is 9.96. The van der Waals surface area contributed by atoms with Crippen LogP contribution in [0.15, 0.2) is 36.2 Å². The highest BCUT2D eigenvalue weighted by Crippen LogP contribution is 2.49. The van der Waals surface area contributed by atoms with Crippen LogP contribution in [0.2, 0.25) is 0 Å². The van der Waals surface area contributed by atoms with Gasteiger partial charge in [0, 0.05) is 17.0 Å². The first-order valence-corrected chi connectivity index (χ1v) is 9.96. The van der Waals surface area contributed by atoms with Crippen LogP contribution in [0.1, 0.15) is 65.4 Å². The van der Waals surface area contributed by atoms with Crippen LogP contribution in [0.3, 0.4) is 0 Å². The third kappa shape index (κ3) is 4.34. The second kappa shape index (κ2) is 8.62. The van der Waals surface area contributed by atoms with Crippen molar-refractivity contribution < 1.29 is 13.9 Å². The smallest absolute Gasteiger partial charge is 0.123 e. The second-order valence-electron chi connectivity index (χ2n) is 7.64. The molecule has 2 aliphatic heterocycles. The Morgan fingerprint density at radius 1 is 1.19 bits per heavy atom. The molecule has 0 radical (unpaired) electrons. The molecule has 2 bridgehead atoms. The van der Waals surface area contributed by atoms with Gasteiger partial charge in [-0.3, -0.25) is 0 Å². The van der Waals surface area contributed by atoms with Gasteiger partial charge in [0.25, 0.3) is 0 Å². The maximum Gasteiger partial charge on any atom is 0.123 e. The van der Waals surface area contributed by atoms with Crippen molar-refractivity contribution in [3.63, 3.8) is 0 Å². The molecule has 0 aromatic heterocycles. The molecule has 2 heterocycles. The standard InChI is InChI=1S/C20H27F2NO.C2H6/c1-3-16(21)12-14(2)18(24)20-10-8-19(23-20,9-11-20)13-15-4-6-17(22)7-5-15;1-2/h4-7,12,14,18,23-24H,3,8-11,13H2,1-2H3;1-2H3/b16-12+;. The quantitative estimate of drug-likeness (QED) is 0.716. The Hall–Kier alpha value is -1.26. The van der Waals surface area contributed by atoms with Crippen molar-refractivity contribution in [3.8, 4) is 0 Å². The van der Waals surface area contributed by atoms with E-state index in [9.17, 15) is 13.9 Å². The summed E-state index contributed by atoms with van der Waals surface area (Å²) in [5, 5.41) is 14.5. The Morgan fingerprint density at radius 3 is 2.31 bits per heavy atom. The third-order valence-corrected chi connectivity index (χ3v) is 5.91. The Morgan fingerprint density at radius 2 is 1.77 bits per heavy atom. The number of aliphatic hydroxyl groups excluding tert-OH is 1. The van der Waals surface area contributed by atoms with E-state index in [1.165, 1.54) is 12.1 Å². The lowest BCUT2D eigenvalue weighted by Crippen LogP contribution is -2.52. The van der Waals surface area contributed by atoms with Crippen molar-refractivity contribution in [1.82, 2.24) is 5.32 Å². The molecular weight excluding hydrogens is 332 g/mol. The first-order chi connectivity index (χ1) is 12.4. The Bertz CT molecular complexity index is 603. The molecule has 0 saturated carbocycles. The number of fused-ring (bicyclic) bond motifs is 2. The van der Waals surface area contributed by atoms with Crippen LogP contribution in [-0.4, -0.2) is 22.3 Å². The van der Waals surface area contributed by atoms with Crippen molar-refractivity contribution >= 4 is 0 Å². The molecule has 2 nitrogen and oxygen atoms in total. The molecule has 2 saturated heterocycles. The van der Waals surface area contributed by atoms with Gasteiger partial charge in [-0.15, -0.1) is 0 Å². The molecular formula is C22H33F2NO. The zero-order valence-corrected chi connectivity index (χ0v) is 16.5. The summed E-state index contributed by atoms with van der Waals surface area (Å²) in [7, 11) is 0. The van der Waals surface area contributed by atoms with Crippen LogP contribution >= 0.6 is 0 Å². The molecule has 3 rings (SSSR count). The van der Waals surface area contributed by atoms with Gasteiger partial charge in [0.1, 0.15) is 5.82 Å². The van der Waals surface area contributed by atoms with Crippen molar-refractivity contribution in [1.29, 1.82) is 0 Å². The van der Waals surface area contributed by atoms with Crippen LogP contribution < -0.4 is 5.32 Å². The molecule has 2 aliphatic rings. The summed E-state index contributed by atoms with van der Waals surface area (Å²) in [6.45, 7) is 7.66. The van der Waals surface area contributed by atoms with Crippen molar-refractivity contribution in [2.24, 2.45) is 5.92 Å². The molecule has 2 fully saturated rings. The summed E-state index contributed by atoms with van der Waals surface area (Å²) in [5.41, 5.74) is 0.774. The SMILES string of the molecule is CC.CC/C(F)=C\C(C)C(O)C12CCC(Cc3ccc(F)cc3)(CC1)N2. The van der Waals surface area contributed by atoms with Gasteiger partial charge in [0.15, 0.2) is 0 Å². The number of hydrogen-bond acceptors (Lipinski definition) is 2. The molecule has 0 spiro atoms. The van der Waals surface area contributed by atoms with E-state index < -0.39 is 6.10 Å². The van der Waals surface area contributed by atoms with Gasteiger partial charge >= 0.3 is 0 Å². The van der Waals surface area contributed by atoms with Crippen molar-refractivity contribution in [2.45, 2.75) is 83.4 Å². The minimum atomic E-state index is -0.590. The van der Waals surface area contributed by atoms with Gasteiger partial charge in [0.2, 0.25) is 0 Å². The summed E-state index contributed by atoms with van der Waals surface area (Å²) < 4.78 is 26.7. The van der Waals surface area contributed by atoms with Gasteiger partial charge in [-0.1, -0.05) is 39.8 Å². The Balaban J connectivity index is 0.00000117. The average molecular weight is 366 g/mol. The fourth-order valence-corrected chi connectivity index (χ4v) is 4.53. The van der Waals surface area contributed by atoms with E-state index in [2.05, 4.69) is 5.32 Å². The predicted molar refractivity (Wildman–Crippen MR) is 103 cm³/mol. The molecule has 4 heteroatoms. The maximum absolute atomic E-state index is 13.6. The minimum absolute atomic E-state index is 0.0223. The Kier molecular flexibility index (Phi) is 6.98. The highest BCUT2D eigenvalue weighted by atomic mass is 19.1. The first kappa shape index (κ1) is 21.0. The highest BCUT2D eigenvalue weighted by Gasteiger charge is 2.57. The number of nitrogens with one attached hydrogen (secondary N) is 1. The molecule has 0 aliphatic carbocycles. The summed E-state index contributed by atoms with van der Waals surface area (Å²) in [6, 6.07) is 6.67. The average Bonchev–Trinajstić information content (AvgIpc) is 3.21. The number of rotatable bonds is 6. The van der Waals surface area contributed by atoms with Crippen molar-refractivity contribution in [2.75, 3.05) is 0 Å². The van der Waals surface area contributed by atoms with E-state index in [1.807, 2.05) is 32.9 Å². The van der Waals surface area contributed by atoms with E-state index in [4.69, 9.17) is 0 Å². The highest BCUT2D eigenvalue weighted by molar-refractivity contribution is 5.25. The molecule has 2 N–H and O–H groups in total. The van der Waals surface area contributed by atoms with Crippen LogP contribution in [0.5, 0.6) is 0 Å². The minimum Gasteiger partial charge on any atom is -0.391 e. The summed E-state index contributed by atoms with van der Waals surface area (Å²) >= 11 is 0. The zero-order chi connectivity index (χ0) is 19.4. The summed E-state index contributed by atoms with van der Waals surface area (Å²) in [6.07, 6.45) is 5.97. The predicted octanol–water partition coefficient (Wildman–Crippen LogP) is 5.31. The largest absolute Gasteiger partial charge is 0.391 e. The Labute approximate surface area is 156 Å². The second-order valence-corrected chi connectivity index (χ2v) is 7.64. The molecule has 26 heavy (non-hydrogen) atoms. The topological polar surface area (TPSA) is 32.3 Å². The lowest BCUT2D eigenvalue weighted by molar-refractivity contribution is 0.0443. The molecule has 1 aromatic carbocycles. The summed E-state index contributed by atoms with van der Waals surface area (Å²) in [4.78, 5) is 0. The van der Waals surface area contributed by atoms with E-state index >= 15 is 0 Å². The van der Waals surface area contributed by atoms with Crippen LogP contribution in [-0.2, 0) is 6.42 Å². The number of hydrogen-bond donors (Lipinski definition) is 2. The summed E-state index contributed by atoms with van der Waals surface area (Å²) in [5.74, 6) is -0.589. The van der Waals surface area contributed by atoms with Gasteiger partial charge in [0.05, 0.1) is 11.9 Å². The number of aliphatic hydroxyl groups is 1. The van der Waals surface area contributed by atoms with E-state index in [-0.39, 0.29) is 28.6 Å². The van der Waals surface area contributed by atoms with E-state index in [0.29, 0.717) is 6.42 Å². The normalized spacial score (nSPS) is 29.9. The lowest BCUT2D eigenvalue weighted by atomic mass is 9.75. The number of halogens is 2. The zero-order valence-electron chi connectivity index (χ0n) is 16.5. The van der Waals surface area contributed by atoms with Gasteiger partial charge < -0.3 is 10.4 Å². The molecule has 1 aromatic rings. The van der Waals surface area contributed by atoms with Crippen molar-refractivity contribution in [3.05, 3.63) is 47.5 Å². The maximum atomic E-state index is 13.6. The van der Waals surface area contributed by atoms with Crippen LogP contribution in [0.4, 0.5) is 8.78 Å². The lowest BCUT2D eigenvalue weighted by Gasteiger charge is -2.34. The van der Waals surface area contributed by atoms with E-state index in [0.717, 1.165) is 37.7 Å².